The molecule has 3 N–H and O–H groups in total. The minimum Gasteiger partial charge on any atom is -0.368 e. The predicted molar refractivity (Wildman–Crippen MR) is 66.8 cm³/mol. The van der Waals surface area contributed by atoms with Gasteiger partial charge in [-0.1, -0.05) is 6.92 Å². The average Bonchev–Trinajstić information content (AvgIpc) is 2.95. The van der Waals surface area contributed by atoms with Crippen molar-refractivity contribution >= 4 is 22.8 Å². The van der Waals surface area contributed by atoms with Crippen LogP contribution in [0.3, 0.4) is 0 Å². The van der Waals surface area contributed by atoms with E-state index < -0.39 is 0 Å². The van der Waals surface area contributed by atoms with Crippen LogP contribution < -0.4 is 10.6 Å². The Morgan fingerprint density at radius 3 is 3.24 bits per heavy atom. The van der Waals surface area contributed by atoms with Crippen LogP contribution in [0.15, 0.2) is 6.20 Å². The van der Waals surface area contributed by atoms with Crippen molar-refractivity contribution in [1.82, 2.24) is 20.2 Å². The van der Waals surface area contributed by atoms with Gasteiger partial charge in [-0.3, -0.25) is 5.10 Å². The minimum atomic E-state index is 0.304. The highest BCUT2D eigenvalue weighted by atomic mass is 15.3. The molecule has 0 spiro atoms. The topological polar surface area (TPSA) is 83.7 Å². The Morgan fingerprint density at radius 1 is 1.53 bits per heavy atom. The van der Waals surface area contributed by atoms with Gasteiger partial charge in [-0.15, -0.1) is 0 Å². The first-order valence-corrected chi connectivity index (χ1v) is 6.03. The zero-order chi connectivity index (χ0) is 11.8. The predicted octanol–water partition coefficient (Wildman–Crippen LogP) is 1.31. The van der Waals surface area contributed by atoms with Gasteiger partial charge in [0.25, 0.3) is 0 Å². The molecule has 2 aromatic rings. The second-order valence-electron chi connectivity index (χ2n) is 4.44. The van der Waals surface area contributed by atoms with Crippen molar-refractivity contribution in [2.45, 2.75) is 32.2 Å². The normalized spacial score (nSPS) is 20.3. The molecule has 1 unspecified atom stereocenters. The van der Waals surface area contributed by atoms with Crippen molar-refractivity contribution in [2.24, 2.45) is 0 Å². The summed E-state index contributed by atoms with van der Waals surface area (Å²) in [6.07, 6.45) is 5.33. The van der Waals surface area contributed by atoms with E-state index in [1.807, 2.05) is 0 Å². The van der Waals surface area contributed by atoms with E-state index in [0.717, 1.165) is 24.2 Å². The Balaban J connectivity index is 2.12. The van der Waals surface area contributed by atoms with Crippen LogP contribution >= 0.6 is 0 Å². The van der Waals surface area contributed by atoms with Gasteiger partial charge >= 0.3 is 0 Å². The maximum atomic E-state index is 5.74. The number of nitrogens with one attached hydrogen (secondary N) is 1. The fourth-order valence-corrected chi connectivity index (χ4v) is 2.59. The standard InChI is InChI=1S/C11H16N6/c1-2-7-4-3-5-17(7)10-8-6-13-16-9(8)14-11(12)15-10/h6-7H,2-5H2,1H3,(H3,12,13,14,15,16). The van der Waals surface area contributed by atoms with Crippen LogP contribution in [0, 0.1) is 0 Å². The van der Waals surface area contributed by atoms with Gasteiger partial charge in [0.15, 0.2) is 5.65 Å². The molecule has 0 saturated carbocycles. The maximum Gasteiger partial charge on any atom is 0.224 e. The summed E-state index contributed by atoms with van der Waals surface area (Å²) in [5, 5.41) is 7.82. The van der Waals surface area contributed by atoms with Crippen LogP contribution in [0.5, 0.6) is 0 Å². The summed E-state index contributed by atoms with van der Waals surface area (Å²) in [5.41, 5.74) is 6.46. The molecule has 3 heterocycles. The highest BCUT2D eigenvalue weighted by Gasteiger charge is 2.26. The first-order valence-electron chi connectivity index (χ1n) is 6.03. The molecule has 6 heteroatoms. The molecule has 0 radical (unpaired) electrons. The van der Waals surface area contributed by atoms with Crippen LogP contribution in [0.25, 0.3) is 11.0 Å². The van der Waals surface area contributed by atoms with Crippen molar-refractivity contribution < 1.29 is 0 Å². The lowest BCUT2D eigenvalue weighted by Crippen LogP contribution is -2.29. The van der Waals surface area contributed by atoms with E-state index in [2.05, 4.69) is 32.0 Å². The number of nitrogens with zero attached hydrogens (tertiary/aromatic N) is 4. The van der Waals surface area contributed by atoms with Crippen molar-refractivity contribution in [1.29, 1.82) is 0 Å². The highest BCUT2D eigenvalue weighted by Crippen LogP contribution is 2.30. The first kappa shape index (κ1) is 10.3. The molecule has 0 amide bonds. The van der Waals surface area contributed by atoms with E-state index in [1.165, 1.54) is 12.8 Å². The van der Waals surface area contributed by atoms with Gasteiger partial charge in [-0.25, -0.2) is 0 Å². The van der Waals surface area contributed by atoms with Crippen LogP contribution in [0.4, 0.5) is 11.8 Å². The Labute approximate surface area is 99.2 Å². The number of nitrogens with two attached hydrogens (primary N) is 1. The molecule has 1 aliphatic heterocycles. The SMILES string of the molecule is CCC1CCCN1c1nc(N)nc2[nH]ncc12. The fourth-order valence-electron chi connectivity index (χ4n) is 2.59. The summed E-state index contributed by atoms with van der Waals surface area (Å²) < 4.78 is 0. The number of anilines is 2. The van der Waals surface area contributed by atoms with Gasteiger partial charge < -0.3 is 10.6 Å². The third kappa shape index (κ3) is 1.60. The van der Waals surface area contributed by atoms with E-state index >= 15 is 0 Å². The fraction of sp³-hybridized carbons (Fsp3) is 0.545. The van der Waals surface area contributed by atoms with Gasteiger partial charge in [0.1, 0.15) is 5.82 Å². The monoisotopic (exact) mass is 232 g/mol. The number of aromatic nitrogens is 4. The number of rotatable bonds is 2. The number of H-pyrrole nitrogens is 1. The van der Waals surface area contributed by atoms with E-state index in [0.29, 0.717) is 17.6 Å². The van der Waals surface area contributed by atoms with E-state index in [4.69, 9.17) is 5.73 Å². The van der Waals surface area contributed by atoms with Gasteiger partial charge in [-0.2, -0.15) is 15.1 Å². The van der Waals surface area contributed by atoms with Gasteiger partial charge in [0.2, 0.25) is 5.95 Å². The second kappa shape index (κ2) is 3.87. The lowest BCUT2D eigenvalue weighted by molar-refractivity contribution is 0.642. The molecule has 3 rings (SSSR count). The average molecular weight is 232 g/mol. The lowest BCUT2D eigenvalue weighted by atomic mass is 10.1. The number of hydrogen-bond acceptors (Lipinski definition) is 5. The van der Waals surface area contributed by atoms with Gasteiger partial charge in [-0.05, 0) is 19.3 Å². The van der Waals surface area contributed by atoms with Crippen LogP contribution in [0.1, 0.15) is 26.2 Å². The van der Waals surface area contributed by atoms with Crippen molar-refractivity contribution in [3.05, 3.63) is 6.20 Å². The summed E-state index contributed by atoms with van der Waals surface area (Å²) in [6, 6.07) is 0.558. The van der Waals surface area contributed by atoms with Gasteiger partial charge in [0.05, 0.1) is 11.6 Å². The van der Waals surface area contributed by atoms with E-state index in [-0.39, 0.29) is 0 Å². The second-order valence-corrected chi connectivity index (χ2v) is 4.44. The molecular weight excluding hydrogens is 216 g/mol. The Morgan fingerprint density at radius 2 is 2.41 bits per heavy atom. The van der Waals surface area contributed by atoms with Crippen molar-refractivity contribution in [3.8, 4) is 0 Å². The van der Waals surface area contributed by atoms with Crippen LogP contribution in [0.2, 0.25) is 0 Å². The van der Waals surface area contributed by atoms with Crippen LogP contribution in [-0.4, -0.2) is 32.8 Å². The molecule has 1 saturated heterocycles. The zero-order valence-corrected chi connectivity index (χ0v) is 9.85. The Bertz CT molecular complexity index is 534. The van der Waals surface area contributed by atoms with E-state index in [1.54, 1.807) is 6.20 Å². The molecule has 0 aromatic carbocycles. The third-order valence-corrected chi connectivity index (χ3v) is 3.43. The van der Waals surface area contributed by atoms with Gasteiger partial charge in [0, 0.05) is 12.6 Å². The zero-order valence-electron chi connectivity index (χ0n) is 9.85. The Kier molecular flexibility index (Phi) is 2.35. The molecule has 17 heavy (non-hydrogen) atoms. The molecule has 90 valence electrons. The highest BCUT2D eigenvalue weighted by molar-refractivity contribution is 5.87. The Hall–Kier alpha value is -1.85. The summed E-state index contributed by atoms with van der Waals surface area (Å²) in [5.74, 6) is 1.23. The molecule has 6 nitrogen and oxygen atoms in total. The molecule has 2 aromatic heterocycles. The largest absolute Gasteiger partial charge is 0.368 e. The summed E-state index contributed by atoms with van der Waals surface area (Å²) in [7, 11) is 0. The van der Waals surface area contributed by atoms with Crippen molar-refractivity contribution in [2.75, 3.05) is 17.2 Å². The summed E-state index contributed by atoms with van der Waals surface area (Å²) >= 11 is 0. The molecule has 1 aliphatic rings. The quantitative estimate of drug-likeness (QED) is 0.815. The van der Waals surface area contributed by atoms with Crippen molar-refractivity contribution in [3.63, 3.8) is 0 Å². The molecular formula is C11H16N6. The van der Waals surface area contributed by atoms with Crippen LogP contribution in [-0.2, 0) is 0 Å². The van der Waals surface area contributed by atoms with E-state index in [9.17, 15) is 0 Å². The molecule has 1 fully saturated rings. The summed E-state index contributed by atoms with van der Waals surface area (Å²) in [6.45, 7) is 3.25. The minimum absolute atomic E-state index is 0.304. The number of aromatic amines is 1. The number of hydrogen-bond donors (Lipinski definition) is 2. The molecule has 0 aliphatic carbocycles. The smallest absolute Gasteiger partial charge is 0.224 e. The first-order chi connectivity index (χ1) is 8.29. The third-order valence-electron chi connectivity index (χ3n) is 3.43. The molecule has 1 atom stereocenters. The maximum absolute atomic E-state index is 5.74. The lowest BCUT2D eigenvalue weighted by Gasteiger charge is -2.25. The molecule has 0 bridgehead atoms. The summed E-state index contributed by atoms with van der Waals surface area (Å²) in [4.78, 5) is 10.9. The number of nitrogen functional groups attached to an aromatic ring is 1. The number of fused-ring (bicyclic) bond motifs is 1.